The molecule has 2 amide bonds. The van der Waals surface area contributed by atoms with Crippen molar-refractivity contribution >= 4 is 11.8 Å². The molecule has 2 rings (SSSR count). The first-order valence-electron chi connectivity index (χ1n) is 6.69. The van der Waals surface area contributed by atoms with Crippen LogP contribution in [0.15, 0.2) is 30.3 Å². The number of hydrogen-bond donors (Lipinski definition) is 3. The molecule has 0 bridgehead atoms. The number of aromatic amines is 1. The summed E-state index contributed by atoms with van der Waals surface area (Å²) in [6.45, 7) is 4.35. The van der Waals surface area contributed by atoms with Crippen LogP contribution in [-0.2, 0) is 6.54 Å². The highest BCUT2D eigenvalue weighted by Gasteiger charge is 2.12. The summed E-state index contributed by atoms with van der Waals surface area (Å²) < 4.78 is 0. The first-order chi connectivity index (χ1) is 9.97. The number of amides is 2. The Kier molecular flexibility index (Phi) is 4.37. The molecule has 0 aliphatic carbocycles. The van der Waals surface area contributed by atoms with E-state index in [4.69, 9.17) is 5.73 Å². The van der Waals surface area contributed by atoms with E-state index in [0.717, 1.165) is 11.3 Å². The van der Waals surface area contributed by atoms with Crippen molar-refractivity contribution in [2.24, 2.45) is 5.73 Å². The summed E-state index contributed by atoms with van der Waals surface area (Å²) >= 11 is 0. The highest BCUT2D eigenvalue weighted by Crippen LogP contribution is 2.12. The molecule has 6 nitrogen and oxygen atoms in total. The smallest absolute Gasteiger partial charge is 0.272 e. The van der Waals surface area contributed by atoms with E-state index in [-0.39, 0.29) is 11.8 Å². The van der Waals surface area contributed by atoms with Gasteiger partial charge in [-0.1, -0.05) is 26.0 Å². The molecular weight excluding hydrogens is 268 g/mol. The fraction of sp³-hybridized carbons (Fsp3) is 0.267. The molecule has 110 valence electrons. The number of aromatic nitrogens is 2. The second-order valence-corrected chi connectivity index (χ2v) is 5.11. The lowest BCUT2D eigenvalue weighted by Gasteiger charge is -2.04. The van der Waals surface area contributed by atoms with Gasteiger partial charge in [0.25, 0.3) is 5.91 Å². The van der Waals surface area contributed by atoms with Crippen LogP contribution in [0.2, 0.25) is 0 Å². The zero-order chi connectivity index (χ0) is 15.4. The number of carbonyl (C=O) groups is 2. The summed E-state index contributed by atoms with van der Waals surface area (Å²) in [5.74, 6) is -0.467. The second-order valence-electron chi connectivity index (χ2n) is 5.11. The van der Waals surface area contributed by atoms with Gasteiger partial charge < -0.3 is 11.1 Å². The zero-order valence-electron chi connectivity index (χ0n) is 12.0. The molecule has 1 aromatic heterocycles. The van der Waals surface area contributed by atoms with Crippen LogP contribution < -0.4 is 11.1 Å². The highest BCUT2D eigenvalue weighted by atomic mass is 16.2. The molecule has 6 heteroatoms. The Labute approximate surface area is 122 Å². The minimum atomic E-state index is -0.489. The number of carbonyl (C=O) groups excluding carboxylic acids is 2. The molecule has 0 saturated heterocycles. The molecular formula is C15H18N4O2. The molecule has 0 aliphatic heterocycles. The summed E-state index contributed by atoms with van der Waals surface area (Å²) in [6.07, 6.45) is 0. The van der Waals surface area contributed by atoms with E-state index in [2.05, 4.69) is 15.5 Å². The van der Waals surface area contributed by atoms with E-state index in [1.807, 2.05) is 19.9 Å². The Morgan fingerprint density at radius 2 is 2.10 bits per heavy atom. The van der Waals surface area contributed by atoms with Gasteiger partial charge in [-0.2, -0.15) is 5.10 Å². The third kappa shape index (κ3) is 3.68. The van der Waals surface area contributed by atoms with E-state index in [9.17, 15) is 9.59 Å². The van der Waals surface area contributed by atoms with Crippen LogP contribution in [0, 0.1) is 0 Å². The highest BCUT2D eigenvalue weighted by molar-refractivity contribution is 5.93. The lowest BCUT2D eigenvalue weighted by molar-refractivity contribution is 0.0945. The number of nitrogens with one attached hydrogen (secondary N) is 2. The molecule has 4 N–H and O–H groups in total. The predicted molar refractivity (Wildman–Crippen MR) is 78.8 cm³/mol. The van der Waals surface area contributed by atoms with Crippen LogP contribution in [-0.4, -0.2) is 22.0 Å². The average molecular weight is 286 g/mol. The van der Waals surface area contributed by atoms with Gasteiger partial charge in [-0.15, -0.1) is 0 Å². The number of rotatable bonds is 5. The van der Waals surface area contributed by atoms with Gasteiger partial charge in [0.15, 0.2) is 0 Å². The summed E-state index contributed by atoms with van der Waals surface area (Å²) in [7, 11) is 0. The average Bonchev–Trinajstić information content (AvgIpc) is 2.95. The van der Waals surface area contributed by atoms with Crippen LogP contribution in [0.4, 0.5) is 0 Å². The zero-order valence-corrected chi connectivity index (χ0v) is 12.0. The number of H-pyrrole nitrogens is 1. The van der Waals surface area contributed by atoms with Crippen LogP contribution in [0.1, 0.15) is 51.9 Å². The van der Waals surface area contributed by atoms with Gasteiger partial charge >= 0.3 is 0 Å². The molecule has 0 fully saturated rings. The Hall–Kier alpha value is -2.63. The fourth-order valence-electron chi connectivity index (χ4n) is 1.86. The lowest BCUT2D eigenvalue weighted by Crippen LogP contribution is -2.23. The van der Waals surface area contributed by atoms with Gasteiger partial charge in [0.05, 0.1) is 0 Å². The first kappa shape index (κ1) is 14.8. The van der Waals surface area contributed by atoms with Gasteiger partial charge in [-0.05, 0) is 29.7 Å². The molecule has 0 aliphatic rings. The Balaban J connectivity index is 2.00. The summed E-state index contributed by atoms with van der Waals surface area (Å²) in [5, 5.41) is 9.58. The molecule has 1 aromatic carbocycles. The van der Waals surface area contributed by atoms with Gasteiger partial charge in [0.2, 0.25) is 5.91 Å². The van der Waals surface area contributed by atoms with Gasteiger partial charge in [0.1, 0.15) is 5.69 Å². The van der Waals surface area contributed by atoms with Gasteiger partial charge in [-0.25, -0.2) is 0 Å². The van der Waals surface area contributed by atoms with Gasteiger partial charge in [0, 0.05) is 17.8 Å². The maximum absolute atomic E-state index is 12.0. The number of benzene rings is 1. The topological polar surface area (TPSA) is 101 Å². The van der Waals surface area contributed by atoms with E-state index < -0.39 is 5.91 Å². The molecule has 2 aromatic rings. The molecule has 0 unspecified atom stereocenters. The summed E-state index contributed by atoms with van der Waals surface area (Å²) in [5.41, 5.74) is 7.71. The van der Waals surface area contributed by atoms with Crippen molar-refractivity contribution in [3.05, 3.63) is 52.8 Å². The van der Waals surface area contributed by atoms with Crippen molar-refractivity contribution in [1.29, 1.82) is 0 Å². The Morgan fingerprint density at radius 3 is 2.71 bits per heavy atom. The minimum Gasteiger partial charge on any atom is -0.366 e. The number of nitrogens with two attached hydrogens (primary N) is 1. The number of nitrogens with zero attached hydrogens (tertiary/aromatic N) is 1. The van der Waals surface area contributed by atoms with Crippen LogP contribution >= 0.6 is 0 Å². The molecule has 1 heterocycles. The first-order valence-corrected chi connectivity index (χ1v) is 6.69. The SMILES string of the molecule is CC(C)c1cc(C(=O)NCc2cccc(C(N)=O)c2)n[nH]1. The molecule has 0 spiro atoms. The van der Waals surface area contributed by atoms with Crippen LogP contribution in [0.3, 0.4) is 0 Å². The van der Waals surface area contributed by atoms with Crippen molar-refractivity contribution in [1.82, 2.24) is 15.5 Å². The minimum absolute atomic E-state index is 0.261. The van der Waals surface area contributed by atoms with E-state index >= 15 is 0 Å². The van der Waals surface area contributed by atoms with E-state index in [0.29, 0.717) is 17.8 Å². The van der Waals surface area contributed by atoms with Crippen LogP contribution in [0.25, 0.3) is 0 Å². The normalized spacial score (nSPS) is 10.6. The van der Waals surface area contributed by atoms with Crippen LogP contribution in [0.5, 0.6) is 0 Å². The summed E-state index contributed by atoms with van der Waals surface area (Å²) in [6, 6.07) is 8.58. The molecule has 0 atom stereocenters. The predicted octanol–water partition coefficient (Wildman–Crippen LogP) is 1.56. The van der Waals surface area contributed by atoms with Crippen molar-refractivity contribution < 1.29 is 9.59 Å². The van der Waals surface area contributed by atoms with E-state index in [1.165, 1.54) is 0 Å². The quantitative estimate of drug-likeness (QED) is 0.777. The number of hydrogen-bond acceptors (Lipinski definition) is 3. The maximum atomic E-state index is 12.0. The molecule has 0 radical (unpaired) electrons. The summed E-state index contributed by atoms with van der Waals surface area (Å²) in [4.78, 5) is 23.1. The largest absolute Gasteiger partial charge is 0.366 e. The van der Waals surface area contributed by atoms with Crippen molar-refractivity contribution in [3.63, 3.8) is 0 Å². The van der Waals surface area contributed by atoms with Crippen molar-refractivity contribution in [3.8, 4) is 0 Å². The Bertz CT molecular complexity index is 661. The standard InChI is InChI=1S/C15H18N4O2/c1-9(2)12-7-13(19-18-12)15(21)17-8-10-4-3-5-11(6-10)14(16)20/h3-7,9H,8H2,1-2H3,(H2,16,20)(H,17,21)(H,18,19). The van der Waals surface area contributed by atoms with Crippen molar-refractivity contribution in [2.75, 3.05) is 0 Å². The van der Waals surface area contributed by atoms with Gasteiger partial charge in [-0.3, -0.25) is 14.7 Å². The third-order valence-electron chi connectivity index (χ3n) is 3.12. The molecule has 21 heavy (non-hydrogen) atoms. The number of primary amides is 1. The lowest BCUT2D eigenvalue weighted by atomic mass is 10.1. The monoisotopic (exact) mass is 286 g/mol. The Morgan fingerprint density at radius 1 is 1.33 bits per heavy atom. The third-order valence-corrected chi connectivity index (χ3v) is 3.12. The fourth-order valence-corrected chi connectivity index (χ4v) is 1.86. The molecule has 0 saturated carbocycles. The maximum Gasteiger partial charge on any atom is 0.272 e. The van der Waals surface area contributed by atoms with Crippen molar-refractivity contribution in [2.45, 2.75) is 26.3 Å². The second kappa shape index (κ2) is 6.21. The van der Waals surface area contributed by atoms with E-state index in [1.54, 1.807) is 24.3 Å².